The highest BCUT2D eigenvalue weighted by atomic mass is 14.5. The fraction of sp³-hybridized carbons (Fsp3) is 0.727. The van der Waals surface area contributed by atoms with Gasteiger partial charge in [-0.1, -0.05) is 64.2 Å². The average Bonchev–Trinajstić information content (AvgIpc) is 3.05. The smallest absolute Gasteiger partial charge is 0.00616 e. The lowest BCUT2D eigenvalue weighted by atomic mass is 9.69. The van der Waals surface area contributed by atoms with Crippen LogP contribution in [0.4, 0.5) is 0 Å². The summed E-state index contributed by atoms with van der Waals surface area (Å²) in [4.78, 5) is 0. The van der Waals surface area contributed by atoms with Crippen molar-refractivity contribution >= 4 is 0 Å². The molecule has 4 aliphatic rings. The van der Waals surface area contributed by atoms with E-state index in [1.807, 2.05) is 5.57 Å². The Bertz CT molecular complexity index is 543. The van der Waals surface area contributed by atoms with Crippen LogP contribution >= 0.6 is 0 Å². The minimum absolute atomic E-state index is 0.298. The Balaban J connectivity index is 1.72. The number of hydrogen-bond acceptors (Lipinski definition) is 0. The molecule has 0 spiro atoms. The molecule has 0 nitrogen and oxygen atoms in total. The molecule has 0 bridgehead atoms. The third-order valence-electron chi connectivity index (χ3n) is 6.74. The summed E-state index contributed by atoms with van der Waals surface area (Å²) in [5, 5.41) is 0. The van der Waals surface area contributed by atoms with Crippen molar-refractivity contribution in [2.24, 2.45) is 23.2 Å². The second kappa shape index (κ2) is 5.39. The molecule has 0 heterocycles. The molecule has 2 fully saturated rings. The van der Waals surface area contributed by atoms with Crippen LogP contribution in [0.3, 0.4) is 0 Å². The summed E-state index contributed by atoms with van der Waals surface area (Å²) in [5.41, 5.74) is 7.19. The maximum absolute atomic E-state index is 2.61. The second-order valence-electron chi connectivity index (χ2n) is 9.16. The molecule has 0 aromatic carbocycles. The lowest BCUT2D eigenvalue weighted by Gasteiger charge is -2.35. The molecule has 0 aromatic rings. The molecule has 2 unspecified atom stereocenters. The Morgan fingerprint density at radius 3 is 2.32 bits per heavy atom. The Morgan fingerprint density at radius 1 is 0.864 bits per heavy atom. The van der Waals surface area contributed by atoms with Gasteiger partial charge in [0, 0.05) is 0 Å². The molecular formula is C22H32. The molecule has 120 valence electrons. The van der Waals surface area contributed by atoms with E-state index >= 15 is 0 Å². The van der Waals surface area contributed by atoms with Crippen molar-refractivity contribution in [3.63, 3.8) is 0 Å². The zero-order valence-electron chi connectivity index (χ0n) is 14.8. The van der Waals surface area contributed by atoms with Gasteiger partial charge < -0.3 is 0 Å². The maximum Gasteiger partial charge on any atom is -0.00616 e. The molecule has 0 saturated heterocycles. The van der Waals surface area contributed by atoms with Crippen LogP contribution in [0.2, 0.25) is 0 Å². The normalized spacial score (nSPS) is 32.7. The van der Waals surface area contributed by atoms with Crippen molar-refractivity contribution < 1.29 is 0 Å². The molecule has 0 N–H and O–H groups in total. The Morgan fingerprint density at radius 2 is 1.59 bits per heavy atom. The van der Waals surface area contributed by atoms with Crippen molar-refractivity contribution in [2.45, 2.75) is 78.6 Å². The molecule has 4 aliphatic carbocycles. The zero-order valence-corrected chi connectivity index (χ0v) is 14.8. The molecule has 0 aromatic heterocycles. The molecule has 0 radical (unpaired) electrons. The SMILES string of the molecule is CC(C)(C)C1=CC2=C3CCCCC3C(C3CCCCC3)C2=C1. The highest BCUT2D eigenvalue weighted by Gasteiger charge is 2.44. The fourth-order valence-corrected chi connectivity index (χ4v) is 5.58. The summed E-state index contributed by atoms with van der Waals surface area (Å²) in [6, 6.07) is 0. The van der Waals surface area contributed by atoms with E-state index in [0.717, 1.165) is 17.8 Å². The number of rotatable bonds is 1. The lowest BCUT2D eigenvalue weighted by molar-refractivity contribution is 0.220. The van der Waals surface area contributed by atoms with Gasteiger partial charge in [-0.15, -0.1) is 0 Å². The minimum atomic E-state index is 0.298. The first kappa shape index (κ1) is 14.8. The topological polar surface area (TPSA) is 0 Å². The Hall–Kier alpha value is -0.780. The van der Waals surface area contributed by atoms with Gasteiger partial charge in [-0.3, -0.25) is 0 Å². The van der Waals surface area contributed by atoms with Crippen LogP contribution in [0.1, 0.15) is 78.6 Å². The van der Waals surface area contributed by atoms with Crippen molar-refractivity contribution in [2.75, 3.05) is 0 Å². The van der Waals surface area contributed by atoms with Crippen LogP contribution in [-0.4, -0.2) is 0 Å². The summed E-state index contributed by atoms with van der Waals surface area (Å²) in [6.07, 6.45) is 18.3. The van der Waals surface area contributed by atoms with E-state index in [1.165, 1.54) is 57.8 Å². The summed E-state index contributed by atoms with van der Waals surface area (Å²) < 4.78 is 0. The summed E-state index contributed by atoms with van der Waals surface area (Å²) in [5.74, 6) is 2.76. The van der Waals surface area contributed by atoms with Gasteiger partial charge in [-0.05, 0) is 72.0 Å². The first-order valence-corrected chi connectivity index (χ1v) is 9.73. The molecule has 0 heteroatoms. The third-order valence-corrected chi connectivity index (χ3v) is 6.74. The number of hydrogen-bond donors (Lipinski definition) is 0. The molecule has 0 amide bonds. The van der Waals surface area contributed by atoms with Crippen LogP contribution in [0.15, 0.2) is 34.4 Å². The van der Waals surface area contributed by atoms with Crippen LogP contribution < -0.4 is 0 Å². The van der Waals surface area contributed by atoms with Gasteiger partial charge in [0.2, 0.25) is 0 Å². The first-order valence-electron chi connectivity index (χ1n) is 9.73. The predicted molar refractivity (Wildman–Crippen MR) is 94.7 cm³/mol. The van der Waals surface area contributed by atoms with Gasteiger partial charge in [0.1, 0.15) is 0 Å². The summed E-state index contributed by atoms with van der Waals surface area (Å²) >= 11 is 0. The molecule has 4 rings (SSSR count). The zero-order chi connectivity index (χ0) is 15.3. The van der Waals surface area contributed by atoms with E-state index in [1.54, 1.807) is 16.7 Å². The van der Waals surface area contributed by atoms with Crippen molar-refractivity contribution in [3.8, 4) is 0 Å². The van der Waals surface area contributed by atoms with Gasteiger partial charge in [-0.2, -0.15) is 0 Å². The number of allylic oxidation sites excluding steroid dienone is 6. The van der Waals surface area contributed by atoms with Crippen LogP contribution in [0, 0.1) is 23.2 Å². The Kier molecular flexibility index (Phi) is 3.62. The van der Waals surface area contributed by atoms with Gasteiger partial charge in [0.05, 0.1) is 0 Å². The van der Waals surface area contributed by atoms with Gasteiger partial charge in [0.25, 0.3) is 0 Å². The van der Waals surface area contributed by atoms with E-state index in [2.05, 4.69) is 32.9 Å². The largest absolute Gasteiger partial charge is 0.0589 e. The highest BCUT2D eigenvalue weighted by Crippen LogP contribution is 2.57. The molecule has 22 heavy (non-hydrogen) atoms. The van der Waals surface area contributed by atoms with E-state index in [4.69, 9.17) is 0 Å². The van der Waals surface area contributed by atoms with Gasteiger partial charge >= 0.3 is 0 Å². The lowest BCUT2D eigenvalue weighted by Crippen LogP contribution is -2.26. The van der Waals surface area contributed by atoms with Gasteiger partial charge in [-0.25, -0.2) is 0 Å². The van der Waals surface area contributed by atoms with Crippen molar-refractivity contribution in [1.29, 1.82) is 0 Å². The summed E-state index contributed by atoms with van der Waals surface area (Å²) in [7, 11) is 0. The van der Waals surface area contributed by atoms with E-state index in [-0.39, 0.29) is 0 Å². The van der Waals surface area contributed by atoms with E-state index in [0.29, 0.717) is 5.41 Å². The summed E-state index contributed by atoms with van der Waals surface area (Å²) in [6.45, 7) is 7.11. The highest BCUT2D eigenvalue weighted by molar-refractivity contribution is 5.62. The molecule has 2 atom stereocenters. The first-order chi connectivity index (χ1) is 10.6. The Labute approximate surface area is 136 Å². The van der Waals surface area contributed by atoms with Crippen LogP contribution in [0.5, 0.6) is 0 Å². The van der Waals surface area contributed by atoms with E-state index in [9.17, 15) is 0 Å². The monoisotopic (exact) mass is 296 g/mol. The second-order valence-corrected chi connectivity index (χ2v) is 9.16. The third kappa shape index (κ3) is 2.34. The predicted octanol–water partition coefficient (Wildman–Crippen LogP) is 6.60. The van der Waals surface area contributed by atoms with Gasteiger partial charge in [0.15, 0.2) is 0 Å². The molecule has 0 aliphatic heterocycles. The minimum Gasteiger partial charge on any atom is -0.0589 e. The molecular weight excluding hydrogens is 264 g/mol. The average molecular weight is 296 g/mol. The van der Waals surface area contributed by atoms with Crippen molar-refractivity contribution in [1.82, 2.24) is 0 Å². The van der Waals surface area contributed by atoms with Crippen LogP contribution in [-0.2, 0) is 0 Å². The van der Waals surface area contributed by atoms with E-state index < -0.39 is 0 Å². The van der Waals surface area contributed by atoms with Crippen molar-refractivity contribution in [3.05, 3.63) is 34.4 Å². The van der Waals surface area contributed by atoms with Crippen LogP contribution in [0.25, 0.3) is 0 Å². The standard InChI is InChI=1S/C22H32/c1-22(2,3)16-13-19-17-11-7-8-12-18(17)21(20(19)14-16)15-9-5-4-6-10-15/h13-15,18,21H,4-12H2,1-3H3. The fourth-order valence-electron chi connectivity index (χ4n) is 5.58. The maximum atomic E-state index is 2.61. The molecule has 2 saturated carbocycles. The number of fused-ring (bicyclic) bond motifs is 2. The quantitative estimate of drug-likeness (QED) is 0.511.